The highest BCUT2D eigenvalue weighted by Gasteiger charge is 1.99. The fourth-order valence-corrected chi connectivity index (χ4v) is 3.15. The first-order valence-corrected chi connectivity index (χ1v) is 11.2. The van der Waals surface area contributed by atoms with Gasteiger partial charge in [0, 0.05) is 6.07 Å². The molecule has 0 heterocycles. The van der Waals surface area contributed by atoms with Gasteiger partial charge in [-0.25, -0.2) is 0 Å². The van der Waals surface area contributed by atoms with Crippen LogP contribution in [0.3, 0.4) is 0 Å². The Morgan fingerprint density at radius 2 is 0.923 bits per heavy atom. The Kier molecular flexibility index (Phi) is 15.2. The van der Waals surface area contributed by atoms with Crippen molar-refractivity contribution in [2.45, 2.75) is 104 Å². The van der Waals surface area contributed by atoms with Gasteiger partial charge in [-0.05, 0) is 25.0 Å². The van der Waals surface area contributed by atoms with Crippen LogP contribution in [0, 0.1) is 0 Å². The zero-order chi connectivity index (χ0) is 18.7. The third-order valence-electron chi connectivity index (χ3n) is 4.84. The van der Waals surface area contributed by atoms with Gasteiger partial charge >= 0.3 is 0 Å². The van der Waals surface area contributed by atoms with Gasteiger partial charge < -0.3 is 9.47 Å². The highest BCUT2D eigenvalue weighted by molar-refractivity contribution is 5.32. The van der Waals surface area contributed by atoms with Crippen molar-refractivity contribution in [3.8, 4) is 11.5 Å². The van der Waals surface area contributed by atoms with E-state index in [1.807, 2.05) is 24.3 Å². The van der Waals surface area contributed by atoms with E-state index in [4.69, 9.17) is 9.47 Å². The number of hydrogen-bond acceptors (Lipinski definition) is 2. The van der Waals surface area contributed by atoms with Crippen LogP contribution in [0.4, 0.5) is 0 Å². The molecule has 0 amide bonds. The predicted molar refractivity (Wildman–Crippen MR) is 113 cm³/mol. The van der Waals surface area contributed by atoms with Gasteiger partial charge in [0.15, 0.2) is 0 Å². The summed E-state index contributed by atoms with van der Waals surface area (Å²) in [5, 5.41) is 0. The number of rotatable bonds is 18. The van der Waals surface area contributed by atoms with Gasteiger partial charge in [0.2, 0.25) is 0 Å². The van der Waals surface area contributed by atoms with E-state index in [0.29, 0.717) is 0 Å². The quantitative estimate of drug-likeness (QED) is 0.247. The summed E-state index contributed by atoms with van der Waals surface area (Å²) >= 11 is 0. The second kappa shape index (κ2) is 17.2. The van der Waals surface area contributed by atoms with Crippen molar-refractivity contribution in [2.75, 3.05) is 13.2 Å². The molecule has 0 aliphatic rings. The molecule has 0 bridgehead atoms. The lowest BCUT2D eigenvalue weighted by molar-refractivity contribution is 0.289. The zero-order valence-corrected chi connectivity index (χ0v) is 17.4. The topological polar surface area (TPSA) is 18.5 Å². The van der Waals surface area contributed by atoms with Crippen LogP contribution in [0.15, 0.2) is 24.3 Å². The first kappa shape index (κ1) is 22.9. The molecule has 0 fully saturated rings. The van der Waals surface area contributed by atoms with Gasteiger partial charge in [0.25, 0.3) is 0 Å². The molecule has 0 atom stereocenters. The van der Waals surface area contributed by atoms with Gasteiger partial charge in [-0.1, -0.05) is 97.0 Å². The standard InChI is InChI=1S/C24H42O2/c1-3-5-7-9-11-13-15-20-25-23-18-17-19-24(22-23)26-21-16-14-12-10-8-6-4-2/h17-19,22H,3-16,20-21H2,1-2H3. The van der Waals surface area contributed by atoms with Crippen molar-refractivity contribution in [2.24, 2.45) is 0 Å². The Balaban J connectivity index is 2.03. The van der Waals surface area contributed by atoms with Crippen LogP contribution in [0.1, 0.15) is 104 Å². The molecule has 2 heteroatoms. The monoisotopic (exact) mass is 362 g/mol. The molecular formula is C24H42O2. The van der Waals surface area contributed by atoms with Crippen LogP contribution >= 0.6 is 0 Å². The first-order chi connectivity index (χ1) is 12.9. The molecule has 0 unspecified atom stereocenters. The molecule has 0 aromatic heterocycles. The molecule has 0 saturated carbocycles. The Morgan fingerprint density at radius 1 is 0.538 bits per heavy atom. The second-order valence-electron chi connectivity index (χ2n) is 7.41. The van der Waals surface area contributed by atoms with Crippen LogP contribution in [0.25, 0.3) is 0 Å². The molecule has 1 aromatic carbocycles. The normalized spacial score (nSPS) is 10.8. The van der Waals surface area contributed by atoms with Gasteiger partial charge in [-0.15, -0.1) is 0 Å². The lowest BCUT2D eigenvalue weighted by Crippen LogP contribution is -2.00. The number of hydrogen-bond donors (Lipinski definition) is 0. The minimum absolute atomic E-state index is 0.814. The molecule has 2 nitrogen and oxygen atoms in total. The van der Waals surface area contributed by atoms with E-state index in [-0.39, 0.29) is 0 Å². The molecule has 0 aliphatic carbocycles. The summed E-state index contributed by atoms with van der Waals surface area (Å²) in [5.74, 6) is 1.88. The van der Waals surface area contributed by atoms with E-state index < -0.39 is 0 Å². The highest BCUT2D eigenvalue weighted by atomic mass is 16.5. The number of unbranched alkanes of at least 4 members (excludes halogenated alkanes) is 12. The maximum absolute atomic E-state index is 5.88. The molecule has 1 aromatic rings. The lowest BCUT2D eigenvalue weighted by Gasteiger charge is -2.10. The largest absolute Gasteiger partial charge is 0.493 e. The molecule has 0 saturated heterocycles. The smallest absolute Gasteiger partial charge is 0.122 e. The molecule has 1 rings (SSSR count). The minimum Gasteiger partial charge on any atom is -0.493 e. The zero-order valence-electron chi connectivity index (χ0n) is 17.4. The third-order valence-corrected chi connectivity index (χ3v) is 4.84. The summed E-state index contributed by atoms with van der Waals surface area (Å²) < 4.78 is 11.8. The summed E-state index contributed by atoms with van der Waals surface area (Å²) in [5.41, 5.74) is 0. The molecule has 26 heavy (non-hydrogen) atoms. The highest BCUT2D eigenvalue weighted by Crippen LogP contribution is 2.20. The molecule has 0 spiro atoms. The molecule has 0 radical (unpaired) electrons. The maximum atomic E-state index is 5.88. The molecule has 0 N–H and O–H groups in total. The van der Waals surface area contributed by atoms with Crippen molar-refractivity contribution in [3.63, 3.8) is 0 Å². The summed E-state index contributed by atoms with van der Waals surface area (Å²) in [4.78, 5) is 0. The van der Waals surface area contributed by atoms with Gasteiger partial charge in [0.1, 0.15) is 11.5 Å². The van der Waals surface area contributed by atoms with Crippen molar-refractivity contribution in [1.82, 2.24) is 0 Å². The number of benzene rings is 1. The van der Waals surface area contributed by atoms with Crippen LogP contribution in [-0.4, -0.2) is 13.2 Å². The van der Waals surface area contributed by atoms with E-state index in [9.17, 15) is 0 Å². The summed E-state index contributed by atoms with van der Waals surface area (Å²) in [7, 11) is 0. The average molecular weight is 363 g/mol. The van der Waals surface area contributed by atoms with Crippen LogP contribution in [-0.2, 0) is 0 Å². The second-order valence-corrected chi connectivity index (χ2v) is 7.41. The van der Waals surface area contributed by atoms with Crippen LogP contribution < -0.4 is 9.47 Å². The fourth-order valence-electron chi connectivity index (χ4n) is 3.15. The molecular weight excluding hydrogens is 320 g/mol. The van der Waals surface area contributed by atoms with Crippen molar-refractivity contribution in [1.29, 1.82) is 0 Å². The third kappa shape index (κ3) is 13.1. The Labute approximate surface area is 162 Å². The lowest BCUT2D eigenvalue weighted by atomic mass is 10.1. The van der Waals surface area contributed by atoms with Crippen LogP contribution in [0.2, 0.25) is 0 Å². The SMILES string of the molecule is CCCCCCCCCOc1cccc(OCCCCCCCCC)c1. The number of ether oxygens (including phenoxy) is 2. The van der Waals surface area contributed by atoms with Crippen molar-refractivity contribution >= 4 is 0 Å². The van der Waals surface area contributed by atoms with Gasteiger partial charge in [0.05, 0.1) is 13.2 Å². The summed E-state index contributed by atoms with van der Waals surface area (Å²) in [6.45, 7) is 6.16. The van der Waals surface area contributed by atoms with Crippen molar-refractivity contribution < 1.29 is 9.47 Å². The Morgan fingerprint density at radius 3 is 1.35 bits per heavy atom. The van der Waals surface area contributed by atoms with Crippen molar-refractivity contribution in [3.05, 3.63) is 24.3 Å². The van der Waals surface area contributed by atoms with E-state index in [1.54, 1.807) is 0 Å². The van der Waals surface area contributed by atoms with E-state index in [1.165, 1.54) is 77.0 Å². The van der Waals surface area contributed by atoms with E-state index >= 15 is 0 Å². The maximum Gasteiger partial charge on any atom is 0.122 e. The first-order valence-electron chi connectivity index (χ1n) is 11.2. The predicted octanol–water partition coefficient (Wildman–Crippen LogP) is 7.95. The average Bonchev–Trinajstić information content (AvgIpc) is 2.66. The molecule has 0 aliphatic heterocycles. The fraction of sp³-hybridized carbons (Fsp3) is 0.750. The van der Waals surface area contributed by atoms with Gasteiger partial charge in [-0.3, -0.25) is 0 Å². The Bertz CT molecular complexity index is 381. The van der Waals surface area contributed by atoms with E-state index in [2.05, 4.69) is 13.8 Å². The molecule has 150 valence electrons. The summed E-state index contributed by atoms with van der Waals surface area (Å²) in [6, 6.07) is 8.12. The Hall–Kier alpha value is -1.18. The van der Waals surface area contributed by atoms with E-state index in [0.717, 1.165) is 37.6 Å². The summed E-state index contributed by atoms with van der Waals surface area (Å²) in [6.07, 6.45) is 18.4. The van der Waals surface area contributed by atoms with Crippen LogP contribution in [0.5, 0.6) is 11.5 Å². The minimum atomic E-state index is 0.814. The van der Waals surface area contributed by atoms with Gasteiger partial charge in [-0.2, -0.15) is 0 Å².